The molecule has 2 aromatic carbocycles. The Balaban J connectivity index is 0.607. The molecule has 0 N–H and O–H groups in total. The Bertz CT molecular complexity index is 1670. The summed E-state index contributed by atoms with van der Waals surface area (Å²) in [6, 6.07) is 16.3. The summed E-state index contributed by atoms with van der Waals surface area (Å²) in [7, 11) is 0. The average molecular weight is 639 g/mol. The molecule has 0 unspecified atom stereocenters. The highest BCUT2D eigenvalue weighted by molar-refractivity contribution is 5.90. The summed E-state index contributed by atoms with van der Waals surface area (Å²) in [6.45, 7) is 5.71. The van der Waals surface area contributed by atoms with Crippen LogP contribution >= 0.6 is 0 Å². The van der Waals surface area contributed by atoms with Crippen molar-refractivity contribution in [2.75, 3.05) is 49.2 Å². The summed E-state index contributed by atoms with van der Waals surface area (Å²) in [5.41, 5.74) is 4.28. The highest BCUT2D eigenvalue weighted by Gasteiger charge is 3.09. The van der Waals surface area contributed by atoms with Crippen LogP contribution in [0.2, 0.25) is 0 Å². The average Bonchev–Trinajstić information content (AvgIpc) is 3.83. The SMILES string of the molecule is O=C(OCC12C3C1C1C4C2C3C14COC(=O)c1ccc(N2C[C@@H]3[C@H](C2)[C@@H]2C=C[C@H]3C2)cc1)c1ccc(N2C[C@@H]3[C@H](C2)[C@@H]2C=C[C@H]3C2)cc1. The Labute approximate surface area is 281 Å². The molecule has 8 saturated carbocycles. The molecule has 10 aliphatic carbocycles. The molecule has 2 saturated heterocycles. The second kappa shape index (κ2) is 8.42. The summed E-state index contributed by atoms with van der Waals surface area (Å²) >= 11 is 0. The number of fused-ring (bicyclic) bond motifs is 10. The predicted molar refractivity (Wildman–Crippen MR) is 179 cm³/mol. The summed E-state index contributed by atoms with van der Waals surface area (Å²) in [5, 5.41) is 0. The lowest BCUT2D eigenvalue weighted by atomic mass is 9.48. The zero-order valence-electron chi connectivity index (χ0n) is 27.2. The second-order valence-corrected chi connectivity index (χ2v) is 18.0. The lowest BCUT2D eigenvalue weighted by Gasteiger charge is -2.57. The molecule has 48 heavy (non-hydrogen) atoms. The Morgan fingerprint density at radius 2 is 0.833 bits per heavy atom. The van der Waals surface area contributed by atoms with Gasteiger partial charge in [-0.3, -0.25) is 0 Å². The summed E-state index contributed by atoms with van der Waals surface area (Å²) in [4.78, 5) is 31.3. The van der Waals surface area contributed by atoms with E-state index in [1.54, 1.807) is 0 Å². The van der Waals surface area contributed by atoms with Crippen molar-refractivity contribution >= 4 is 23.3 Å². The summed E-state index contributed by atoms with van der Waals surface area (Å²) in [6.07, 6.45) is 12.5. The normalized spacial score (nSPS) is 49.8. The molecule has 8 atom stereocenters. The van der Waals surface area contributed by atoms with Crippen LogP contribution in [0.1, 0.15) is 33.6 Å². The first kappa shape index (κ1) is 26.3. The van der Waals surface area contributed by atoms with E-state index >= 15 is 0 Å². The smallest absolute Gasteiger partial charge is 0.338 e. The number of carbonyl (C=O) groups excluding carboxylic acids is 2. The summed E-state index contributed by atoms with van der Waals surface area (Å²) < 4.78 is 12.0. The molecule has 14 rings (SSSR count). The third-order valence-electron chi connectivity index (χ3n) is 17.0. The molecule has 6 nitrogen and oxygen atoms in total. The minimum Gasteiger partial charge on any atom is -0.461 e. The molecular weight excluding hydrogens is 596 g/mol. The number of hydrogen-bond donors (Lipinski definition) is 0. The number of allylic oxidation sites excluding steroid dienone is 4. The van der Waals surface area contributed by atoms with Crippen molar-refractivity contribution in [1.82, 2.24) is 0 Å². The first-order valence-electron chi connectivity index (χ1n) is 19.0. The largest absolute Gasteiger partial charge is 0.461 e. The Morgan fingerprint density at radius 1 is 0.521 bits per heavy atom. The Morgan fingerprint density at radius 3 is 1.15 bits per heavy atom. The topological polar surface area (TPSA) is 59.1 Å². The van der Waals surface area contributed by atoms with E-state index in [-0.39, 0.29) is 22.8 Å². The number of benzene rings is 2. The van der Waals surface area contributed by atoms with Gasteiger partial charge in [-0.2, -0.15) is 0 Å². The number of carbonyl (C=O) groups is 2. The zero-order chi connectivity index (χ0) is 31.3. The van der Waals surface area contributed by atoms with Gasteiger partial charge in [0.2, 0.25) is 0 Å². The molecule has 10 fully saturated rings. The first-order chi connectivity index (χ1) is 23.5. The lowest BCUT2D eigenvalue weighted by molar-refractivity contribution is -0.143. The molecule has 0 aromatic heterocycles. The number of nitrogens with zero attached hydrogens (tertiary/aromatic N) is 2. The lowest BCUT2D eigenvalue weighted by Crippen LogP contribution is -2.57. The highest BCUT2D eigenvalue weighted by Crippen LogP contribution is 3.10. The van der Waals surface area contributed by atoms with Gasteiger partial charge in [0.25, 0.3) is 0 Å². The second-order valence-electron chi connectivity index (χ2n) is 18.0. The van der Waals surface area contributed by atoms with E-state index < -0.39 is 0 Å². The minimum absolute atomic E-state index is 0.179. The van der Waals surface area contributed by atoms with Gasteiger partial charge in [-0.1, -0.05) is 24.3 Å². The monoisotopic (exact) mass is 638 g/mol. The molecule has 2 heterocycles. The fourth-order valence-electron chi connectivity index (χ4n) is 15.2. The fourth-order valence-corrected chi connectivity index (χ4v) is 15.2. The van der Waals surface area contributed by atoms with Crippen molar-refractivity contribution in [1.29, 1.82) is 0 Å². The maximum absolute atomic E-state index is 13.1. The van der Waals surface area contributed by atoms with Crippen LogP contribution in [0.3, 0.4) is 0 Å². The molecule has 0 amide bonds. The van der Waals surface area contributed by atoms with Gasteiger partial charge in [0.05, 0.1) is 24.3 Å². The van der Waals surface area contributed by atoms with Crippen molar-refractivity contribution in [3.8, 4) is 0 Å². The van der Waals surface area contributed by atoms with E-state index in [4.69, 9.17) is 9.47 Å². The molecule has 6 heteroatoms. The minimum atomic E-state index is -0.179. The molecule has 0 spiro atoms. The van der Waals surface area contributed by atoms with E-state index in [1.807, 2.05) is 24.3 Å². The number of rotatable bonds is 8. The predicted octanol–water partition coefficient (Wildman–Crippen LogP) is 5.96. The Kier molecular flexibility index (Phi) is 4.62. The molecule has 2 aliphatic heterocycles. The molecule has 0 radical (unpaired) electrons. The van der Waals surface area contributed by atoms with E-state index in [2.05, 4.69) is 58.4 Å². The van der Waals surface area contributed by atoms with Gasteiger partial charge in [-0.15, -0.1) is 0 Å². The van der Waals surface area contributed by atoms with Crippen molar-refractivity contribution in [3.63, 3.8) is 0 Å². The van der Waals surface area contributed by atoms with Gasteiger partial charge in [0.15, 0.2) is 0 Å². The Hall–Kier alpha value is -3.54. The van der Waals surface area contributed by atoms with Gasteiger partial charge in [-0.25, -0.2) is 9.59 Å². The van der Waals surface area contributed by atoms with Crippen LogP contribution in [0, 0.1) is 93.7 Å². The summed E-state index contributed by atoms with van der Waals surface area (Å²) in [5.74, 6) is 10.0. The van der Waals surface area contributed by atoms with Crippen LogP contribution in [0.15, 0.2) is 72.8 Å². The first-order valence-corrected chi connectivity index (χ1v) is 19.0. The number of hydrogen-bond acceptors (Lipinski definition) is 6. The van der Waals surface area contributed by atoms with Crippen LogP contribution in [0.4, 0.5) is 11.4 Å². The molecule has 4 bridgehead atoms. The quantitative estimate of drug-likeness (QED) is 0.263. The fraction of sp³-hybridized carbons (Fsp3) is 0.571. The van der Waals surface area contributed by atoms with Crippen molar-refractivity contribution in [2.45, 2.75) is 12.8 Å². The third-order valence-corrected chi connectivity index (χ3v) is 17.0. The van der Waals surface area contributed by atoms with E-state index in [0.717, 1.165) is 73.5 Å². The molecule has 244 valence electrons. The van der Waals surface area contributed by atoms with Crippen LogP contribution < -0.4 is 9.80 Å². The van der Waals surface area contributed by atoms with Crippen molar-refractivity contribution in [2.24, 2.45) is 93.7 Å². The number of esters is 2. The third kappa shape index (κ3) is 2.91. The van der Waals surface area contributed by atoms with Gasteiger partial charge >= 0.3 is 11.9 Å². The van der Waals surface area contributed by atoms with Gasteiger partial charge in [0, 0.05) is 48.4 Å². The van der Waals surface area contributed by atoms with Crippen LogP contribution in [0.5, 0.6) is 0 Å². The van der Waals surface area contributed by atoms with Gasteiger partial charge < -0.3 is 19.3 Å². The van der Waals surface area contributed by atoms with Crippen molar-refractivity contribution < 1.29 is 19.1 Å². The molecule has 12 aliphatic rings. The van der Waals surface area contributed by atoms with E-state index in [1.165, 1.54) is 24.2 Å². The number of anilines is 2. The van der Waals surface area contributed by atoms with Crippen LogP contribution in [-0.2, 0) is 9.47 Å². The van der Waals surface area contributed by atoms with Crippen LogP contribution in [-0.4, -0.2) is 51.3 Å². The van der Waals surface area contributed by atoms with Crippen LogP contribution in [0.25, 0.3) is 0 Å². The maximum Gasteiger partial charge on any atom is 0.338 e. The number of ether oxygens (including phenoxy) is 2. The molecule has 2 aromatic rings. The molecular formula is C42H42N2O4. The van der Waals surface area contributed by atoms with Gasteiger partial charge in [-0.05, 0) is 144 Å². The van der Waals surface area contributed by atoms with Crippen molar-refractivity contribution in [3.05, 3.63) is 84.0 Å². The zero-order valence-corrected chi connectivity index (χ0v) is 27.2. The van der Waals surface area contributed by atoms with Gasteiger partial charge in [0.1, 0.15) is 0 Å². The van der Waals surface area contributed by atoms with E-state index in [0.29, 0.717) is 59.8 Å². The highest BCUT2D eigenvalue weighted by atomic mass is 16.5. The van der Waals surface area contributed by atoms with E-state index in [9.17, 15) is 9.59 Å². The maximum atomic E-state index is 13.1. The standard InChI is InChI=1S/C42H42N2O4/c45-39(21-5-9-27(10-6-21)43-15-29-23-1-2-24(13-23)30(29)16-43)47-19-41-33-35(41)36-34-37(41)38(33)42(34,36)20-48-40(46)22-7-11-28(12-8-22)44-17-31-25-3-4-26(14-25)32(31)18-44/h1-12,23-26,29-38H,13-20H2/t23-,24+,25-,26+,29-,30+,31-,32+,33?,34?,35?,36?,37?,38?,41?,42?.